The van der Waals surface area contributed by atoms with Gasteiger partial charge in [0.15, 0.2) is 5.16 Å². The average Bonchev–Trinajstić information content (AvgIpc) is 2.59. The zero-order valence-electron chi connectivity index (χ0n) is 14.6. The van der Waals surface area contributed by atoms with Gasteiger partial charge in [0, 0.05) is 5.41 Å². The molecule has 0 bridgehead atoms. The van der Waals surface area contributed by atoms with E-state index in [-0.39, 0.29) is 10.7 Å². The van der Waals surface area contributed by atoms with Crippen molar-refractivity contribution in [3.05, 3.63) is 41.5 Å². The summed E-state index contributed by atoms with van der Waals surface area (Å²) in [6.45, 7) is 6.13. The molecule has 0 aliphatic carbocycles. The van der Waals surface area contributed by atoms with Gasteiger partial charge >= 0.3 is 0 Å². The molecule has 0 fully saturated rings. The van der Waals surface area contributed by atoms with E-state index in [0.29, 0.717) is 16.9 Å². The van der Waals surface area contributed by atoms with Crippen molar-refractivity contribution < 1.29 is 14.3 Å². The first kappa shape index (κ1) is 18.3. The monoisotopic (exact) mass is 346 g/mol. The highest BCUT2D eigenvalue weighted by atomic mass is 32.2. The SMILES string of the molecule is COc1cc(OC)nc(SC(C=O)C(C)(C)c2cccc(C)c2)n1. The minimum atomic E-state index is -0.377. The molecule has 0 spiro atoms. The van der Waals surface area contributed by atoms with Crippen LogP contribution in [0.15, 0.2) is 35.5 Å². The average molecular weight is 346 g/mol. The number of hydrogen-bond acceptors (Lipinski definition) is 6. The third-order valence-corrected chi connectivity index (χ3v) is 5.25. The fourth-order valence-electron chi connectivity index (χ4n) is 2.31. The number of hydrogen-bond donors (Lipinski definition) is 0. The summed E-state index contributed by atoms with van der Waals surface area (Å²) in [5.41, 5.74) is 1.88. The van der Waals surface area contributed by atoms with Gasteiger partial charge in [-0.25, -0.2) is 0 Å². The Bertz CT molecular complexity index is 697. The van der Waals surface area contributed by atoms with Gasteiger partial charge in [-0.05, 0) is 12.5 Å². The van der Waals surface area contributed by atoms with Crippen LogP contribution >= 0.6 is 11.8 Å². The summed E-state index contributed by atoms with van der Waals surface area (Å²) < 4.78 is 10.3. The molecule has 0 saturated carbocycles. The molecule has 0 N–H and O–H groups in total. The number of aldehydes is 1. The molecule has 2 rings (SSSR count). The highest BCUT2D eigenvalue weighted by molar-refractivity contribution is 8.00. The largest absolute Gasteiger partial charge is 0.481 e. The standard InChI is InChI=1S/C18H22N2O3S/c1-12-7-6-8-13(9-12)18(2,3)14(11-21)24-17-19-15(22-4)10-16(20-17)23-5/h6-11,14H,1-5H3. The summed E-state index contributed by atoms with van der Waals surface area (Å²) in [6, 6.07) is 9.79. The number of aromatic nitrogens is 2. The highest BCUT2D eigenvalue weighted by Gasteiger charge is 2.33. The second-order valence-corrected chi connectivity index (χ2v) is 7.11. The van der Waals surface area contributed by atoms with Gasteiger partial charge in [-0.1, -0.05) is 55.4 Å². The number of aryl methyl sites for hydroxylation is 1. The van der Waals surface area contributed by atoms with Crippen LogP contribution in [0, 0.1) is 6.92 Å². The first-order valence-electron chi connectivity index (χ1n) is 7.57. The van der Waals surface area contributed by atoms with Crippen LogP contribution in [0.4, 0.5) is 0 Å². The number of methoxy groups -OCH3 is 2. The molecule has 1 unspecified atom stereocenters. The molecule has 24 heavy (non-hydrogen) atoms. The fraction of sp³-hybridized carbons (Fsp3) is 0.389. The van der Waals surface area contributed by atoms with Crippen LogP contribution < -0.4 is 9.47 Å². The fourth-order valence-corrected chi connectivity index (χ4v) is 3.31. The van der Waals surface area contributed by atoms with E-state index in [1.807, 2.05) is 39.0 Å². The maximum atomic E-state index is 11.8. The summed E-state index contributed by atoms with van der Waals surface area (Å²) in [4.78, 5) is 20.4. The number of thioether (sulfide) groups is 1. The normalized spacial score (nSPS) is 12.5. The molecular formula is C18H22N2O3S. The molecule has 0 saturated heterocycles. The van der Waals surface area contributed by atoms with Crippen LogP contribution in [0.3, 0.4) is 0 Å². The third-order valence-electron chi connectivity index (χ3n) is 3.91. The van der Waals surface area contributed by atoms with E-state index in [0.717, 1.165) is 17.4 Å². The predicted molar refractivity (Wildman–Crippen MR) is 95.1 cm³/mol. The van der Waals surface area contributed by atoms with Crippen LogP contribution in [-0.4, -0.2) is 35.7 Å². The molecule has 0 amide bonds. The number of rotatable bonds is 7. The number of nitrogens with zero attached hydrogens (tertiary/aromatic N) is 2. The van der Waals surface area contributed by atoms with Crippen molar-refractivity contribution in [2.24, 2.45) is 0 Å². The van der Waals surface area contributed by atoms with Gasteiger partial charge in [-0.2, -0.15) is 9.97 Å². The van der Waals surface area contributed by atoms with Crippen molar-refractivity contribution in [3.63, 3.8) is 0 Å². The molecule has 1 aromatic heterocycles. The molecular weight excluding hydrogens is 324 g/mol. The van der Waals surface area contributed by atoms with E-state index in [4.69, 9.17) is 9.47 Å². The number of carbonyl (C=O) groups excluding carboxylic acids is 1. The summed E-state index contributed by atoms with van der Waals surface area (Å²) in [7, 11) is 3.06. The second kappa shape index (κ2) is 7.66. The summed E-state index contributed by atoms with van der Waals surface area (Å²) in [5, 5.41) is 0.0974. The maximum absolute atomic E-state index is 11.8. The lowest BCUT2D eigenvalue weighted by molar-refractivity contribution is -0.108. The number of ether oxygens (including phenoxy) is 2. The van der Waals surface area contributed by atoms with Crippen LogP contribution in [-0.2, 0) is 10.2 Å². The van der Waals surface area contributed by atoms with E-state index in [2.05, 4.69) is 16.0 Å². The summed E-state index contributed by atoms with van der Waals surface area (Å²) in [5.74, 6) is 0.810. The lowest BCUT2D eigenvalue weighted by Gasteiger charge is -2.30. The Morgan fingerprint density at radius 2 is 1.75 bits per heavy atom. The molecule has 1 heterocycles. The Labute approximate surface area is 146 Å². The van der Waals surface area contributed by atoms with E-state index < -0.39 is 0 Å². The van der Waals surface area contributed by atoms with E-state index >= 15 is 0 Å². The van der Waals surface area contributed by atoms with Gasteiger partial charge in [-0.3, -0.25) is 0 Å². The Morgan fingerprint density at radius 1 is 1.12 bits per heavy atom. The molecule has 128 valence electrons. The van der Waals surface area contributed by atoms with Crippen LogP contribution in [0.5, 0.6) is 11.8 Å². The Morgan fingerprint density at radius 3 is 2.25 bits per heavy atom. The van der Waals surface area contributed by atoms with E-state index in [1.165, 1.54) is 26.0 Å². The molecule has 0 aliphatic rings. The van der Waals surface area contributed by atoms with Crippen LogP contribution in [0.1, 0.15) is 25.0 Å². The van der Waals surface area contributed by atoms with Crippen molar-refractivity contribution in [2.45, 2.75) is 36.6 Å². The molecule has 5 nitrogen and oxygen atoms in total. The summed E-state index contributed by atoms with van der Waals surface area (Å²) >= 11 is 1.31. The van der Waals surface area contributed by atoms with Crippen molar-refractivity contribution >= 4 is 18.0 Å². The Balaban J connectivity index is 2.33. The summed E-state index contributed by atoms with van der Waals surface area (Å²) in [6.07, 6.45) is 0.947. The third kappa shape index (κ3) is 4.06. The van der Waals surface area contributed by atoms with Gasteiger partial charge in [0.05, 0.1) is 25.5 Å². The number of carbonyl (C=O) groups is 1. The minimum absolute atomic E-state index is 0.351. The van der Waals surface area contributed by atoms with Crippen molar-refractivity contribution in [3.8, 4) is 11.8 Å². The number of benzene rings is 1. The van der Waals surface area contributed by atoms with E-state index in [1.54, 1.807) is 6.07 Å². The molecule has 2 aromatic rings. The van der Waals surface area contributed by atoms with Gasteiger partial charge in [-0.15, -0.1) is 0 Å². The Hall–Kier alpha value is -2.08. The van der Waals surface area contributed by atoms with Gasteiger partial charge in [0.2, 0.25) is 11.8 Å². The molecule has 1 atom stereocenters. The van der Waals surface area contributed by atoms with E-state index in [9.17, 15) is 4.79 Å². The molecule has 0 radical (unpaired) electrons. The van der Waals surface area contributed by atoms with Gasteiger partial charge in [0.1, 0.15) is 6.29 Å². The first-order chi connectivity index (χ1) is 11.4. The molecule has 1 aromatic carbocycles. The molecule has 0 aliphatic heterocycles. The van der Waals surface area contributed by atoms with Gasteiger partial charge in [0.25, 0.3) is 0 Å². The van der Waals surface area contributed by atoms with Crippen molar-refractivity contribution in [2.75, 3.05) is 14.2 Å². The first-order valence-corrected chi connectivity index (χ1v) is 8.45. The maximum Gasteiger partial charge on any atom is 0.220 e. The molecule has 6 heteroatoms. The predicted octanol–water partition coefficient (Wildman–Crippen LogP) is 3.44. The quantitative estimate of drug-likeness (QED) is 0.435. The minimum Gasteiger partial charge on any atom is -0.481 e. The zero-order valence-corrected chi connectivity index (χ0v) is 15.4. The lowest BCUT2D eigenvalue weighted by Crippen LogP contribution is -2.32. The highest BCUT2D eigenvalue weighted by Crippen LogP contribution is 2.37. The smallest absolute Gasteiger partial charge is 0.220 e. The van der Waals surface area contributed by atoms with Crippen molar-refractivity contribution in [1.82, 2.24) is 9.97 Å². The second-order valence-electron chi connectivity index (χ2n) is 6.00. The zero-order chi connectivity index (χ0) is 17.7. The lowest BCUT2D eigenvalue weighted by atomic mass is 9.81. The Kier molecular flexibility index (Phi) is 5.83. The van der Waals surface area contributed by atoms with Crippen molar-refractivity contribution in [1.29, 1.82) is 0 Å². The van der Waals surface area contributed by atoms with Crippen LogP contribution in [0.25, 0.3) is 0 Å². The topological polar surface area (TPSA) is 61.3 Å². The van der Waals surface area contributed by atoms with Gasteiger partial charge < -0.3 is 14.3 Å². The van der Waals surface area contributed by atoms with Crippen LogP contribution in [0.2, 0.25) is 0 Å².